The van der Waals surface area contributed by atoms with Crippen molar-refractivity contribution in [2.75, 3.05) is 31.2 Å². The van der Waals surface area contributed by atoms with E-state index in [-0.39, 0.29) is 0 Å². The zero-order chi connectivity index (χ0) is 13.1. The standard InChI is InChI=1S/C14H16N4O/c1-11-16-13(12-4-2-3-5-15-12)10-14(17-11)18-6-8-19-9-7-18/h2-5,10H,6-9H2,1H3. The van der Waals surface area contributed by atoms with Gasteiger partial charge in [0, 0.05) is 25.4 Å². The summed E-state index contributed by atoms with van der Waals surface area (Å²) in [7, 11) is 0. The third-order valence-corrected chi connectivity index (χ3v) is 3.09. The summed E-state index contributed by atoms with van der Waals surface area (Å²) in [6.07, 6.45) is 1.78. The molecule has 0 saturated carbocycles. The van der Waals surface area contributed by atoms with Crippen molar-refractivity contribution in [1.29, 1.82) is 0 Å². The number of hydrogen-bond donors (Lipinski definition) is 0. The second kappa shape index (κ2) is 5.32. The summed E-state index contributed by atoms with van der Waals surface area (Å²) in [6, 6.07) is 7.83. The number of aryl methyl sites for hydroxylation is 1. The molecule has 0 bridgehead atoms. The summed E-state index contributed by atoms with van der Waals surface area (Å²) in [5, 5.41) is 0. The van der Waals surface area contributed by atoms with Crippen molar-refractivity contribution in [3.05, 3.63) is 36.3 Å². The van der Waals surface area contributed by atoms with Crippen LogP contribution in [0.5, 0.6) is 0 Å². The molecule has 2 aromatic heterocycles. The van der Waals surface area contributed by atoms with Crippen molar-refractivity contribution >= 4 is 5.82 Å². The second-order valence-electron chi connectivity index (χ2n) is 4.47. The summed E-state index contributed by atoms with van der Waals surface area (Å²) >= 11 is 0. The normalized spacial score (nSPS) is 15.5. The molecule has 0 N–H and O–H groups in total. The van der Waals surface area contributed by atoms with Gasteiger partial charge in [0.05, 0.1) is 24.6 Å². The lowest BCUT2D eigenvalue weighted by Crippen LogP contribution is -2.36. The molecule has 3 heterocycles. The number of aromatic nitrogens is 3. The number of anilines is 1. The summed E-state index contributed by atoms with van der Waals surface area (Å²) < 4.78 is 5.37. The van der Waals surface area contributed by atoms with Gasteiger partial charge in [0.1, 0.15) is 11.6 Å². The fraction of sp³-hybridized carbons (Fsp3) is 0.357. The third-order valence-electron chi connectivity index (χ3n) is 3.09. The second-order valence-corrected chi connectivity index (χ2v) is 4.47. The van der Waals surface area contributed by atoms with Gasteiger partial charge in [-0.3, -0.25) is 4.98 Å². The predicted molar refractivity (Wildman–Crippen MR) is 73.0 cm³/mol. The van der Waals surface area contributed by atoms with Crippen molar-refractivity contribution in [3.63, 3.8) is 0 Å². The first-order valence-electron chi connectivity index (χ1n) is 6.43. The van der Waals surface area contributed by atoms with Crippen LogP contribution in [0.15, 0.2) is 30.5 Å². The van der Waals surface area contributed by atoms with E-state index >= 15 is 0 Å². The van der Waals surface area contributed by atoms with Gasteiger partial charge in [-0.15, -0.1) is 0 Å². The molecule has 3 rings (SSSR count). The van der Waals surface area contributed by atoms with Gasteiger partial charge in [-0.1, -0.05) is 6.07 Å². The Morgan fingerprint density at radius 2 is 1.95 bits per heavy atom. The van der Waals surface area contributed by atoms with Crippen LogP contribution in [0.25, 0.3) is 11.4 Å². The third kappa shape index (κ3) is 2.71. The monoisotopic (exact) mass is 256 g/mol. The molecule has 0 atom stereocenters. The predicted octanol–water partition coefficient (Wildman–Crippen LogP) is 1.68. The summed E-state index contributed by atoms with van der Waals surface area (Å²) in [4.78, 5) is 15.6. The topological polar surface area (TPSA) is 51.1 Å². The van der Waals surface area contributed by atoms with Crippen molar-refractivity contribution < 1.29 is 4.74 Å². The van der Waals surface area contributed by atoms with E-state index < -0.39 is 0 Å². The number of ether oxygens (including phenoxy) is 1. The van der Waals surface area contributed by atoms with E-state index in [4.69, 9.17) is 4.74 Å². The Kier molecular flexibility index (Phi) is 3.37. The van der Waals surface area contributed by atoms with Crippen LogP contribution in [-0.4, -0.2) is 41.3 Å². The van der Waals surface area contributed by atoms with Gasteiger partial charge in [0.2, 0.25) is 0 Å². The average molecular weight is 256 g/mol. The number of pyridine rings is 1. The molecule has 0 aromatic carbocycles. The molecule has 5 heteroatoms. The minimum Gasteiger partial charge on any atom is -0.378 e. The largest absolute Gasteiger partial charge is 0.378 e. The van der Waals surface area contributed by atoms with E-state index in [0.717, 1.165) is 49.3 Å². The van der Waals surface area contributed by atoms with Crippen molar-refractivity contribution in [2.45, 2.75) is 6.92 Å². The Morgan fingerprint density at radius 3 is 2.68 bits per heavy atom. The molecule has 98 valence electrons. The quantitative estimate of drug-likeness (QED) is 0.818. The maximum absolute atomic E-state index is 5.37. The van der Waals surface area contributed by atoms with Gasteiger partial charge in [-0.25, -0.2) is 9.97 Å². The molecule has 19 heavy (non-hydrogen) atoms. The number of nitrogens with zero attached hydrogens (tertiary/aromatic N) is 4. The SMILES string of the molecule is Cc1nc(-c2ccccn2)cc(N2CCOCC2)n1. The van der Waals surface area contributed by atoms with Gasteiger partial charge in [-0.05, 0) is 19.1 Å². The maximum Gasteiger partial charge on any atom is 0.133 e. The Labute approximate surface area is 112 Å². The van der Waals surface area contributed by atoms with Crippen LogP contribution < -0.4 is 4.90 Å². The minimum atomic E-state index is 0.752. The lowest BCUT2D eigenvalue weighted by molar-refractivity contribution is 0.122. The molecule has 2 aromatic rings. The Balaban J connectivity index is 1.96. The lowest BCUT2D eigenvalue weighted by atomic mass is 10.2. The van der Waals surface area contributed by atoms with E-state index in [1.807, 2.05) is 31.2 Å². The van der Waals surface area contributed by atoms with E-state index in [2.05, 4.69) is 19.9 Å². The van der Waals surface area contributed by atoms with Crippen LogP contribution in [0.4, 0.5) is 5.82 Å². The van der Waals surface area contributed by atoms with E-state index in [1.54, 1.807) is 6.20 Å². The molecule has 0 radical (unpaired) electrons. The van der Waals surface area contributed by atoms with Crippen LogP contribution in [-0.2, 0) is 4.74 Å². The fourth-order valence-corrected chi connectivity index (χ4v) is 2.15. The summed E-state index contributed by atoms with van der Waals surface area (Å²) in [5.74, 6) is 1.72. The molecule has 0 unspecified atom stereocenters. The molecule has 5 nitrogen and oxygen atoms in total. The Bertz CT molecular complexity index is 553. The first-order valence-corrected chi connectivity index (χ1v) is 6.43. The van der Waals surface area contributed by atoms with Crippen LogP contribution >= 0.6 is 0 Å². The molecule has 1 aliphatic heterocycles. The first kappa shape index (κ1) is 12.0. The molecule has 1 fully saturated rings. The fourth-order valence-electron chi connectivity index (χ4n) is 2.15. The highest BCUT2D eigenvalue weighted by atomic mass is 16.5. The van der Waals surface area contributed by atoms with Crippen LogP contribution in [0, 0.1) is 6.92 Å². The van der Waals surface area contributed by atoms with Crippen LogP contribution in [0.2, 0.25) is 0 Å². The Hall–Kier alpha value is -2.01. The van der Waals surface area contributed by atoms with Gasteiger partial charge < -0.3 is 9.64 Å². The van der Waals surface area contributed by atoms with Gasteiger partial charge in [0.15, 0.2) is 0 Å². The average Bonchev–Trinajstić information content (AvgIpc) is 2.48. The number of rotatable bonds is 2. The number of morpholine rings is 1. The van der Waals surface area contributed by atoms with Gasteiger partial charge >= 0.3 is 0 Å². The van der Waals surface area contributed by atoms with E-state index in [1.165, 1.54) is 0 Å². The molecular formula is C14H16N4O. The van der Waals surface area contributed by atoms with E-state index in [9.17, 15) is 0 Å². The van der Waals surface area contributed by atoms with Crippen LogP contribution in [0.3, 0.4) is 0 Å². The Morgan fingerprint density at radius 1 is 1.11 bits per heavy atom. The zero-order valence-corrected chi connectivity index (χ0v) is 10.9. The molecule has 1 saturated heterocycles. The lowest BCUT2D eigenvalue weighted by Gasteiger charge is -2.28. The van der Waals surface area contributed by atoms with Gasteiger partial charge in [0.25, 0.3) is 0 Å². The van der Waals surface area contributed by atoms with E-state index in [0.29, 0.717) is 0 Å². The first-order chi connectivity index (χ1) is 9.33. The van der Waals surface area contributed by atoms with Crippen molar-refractivity contribution in [3.8, 4) is 11.4 Å². The molecule has 1 aliphatic rings. The molecular weight excluding hydrogens is 240 g/mol. The zero-order valence-electron chi connectivity index (χ0n) is 10.9. The maximum atomic E-state index is 5.37. The highest BCUT2D eigenvalue weighted by molar-refractivity contribution is 5.59. The molecule has 0 spiro atoms. The van der Waals surface area contributed by atoms with Crippen molar-refractivity contribution in [2.24, 2.45) is 0 Å². The van der Waals surface area contributed by atoms with Crippen molar-refractivity contribution in [1.82, 2.24) is 15.0 Å². The highest BCUT2D eigenvalue weighted by Crippen LogP contribution is 2.20. The number of hydrogen-bond acceptors (Lipinski definition) is 5. The molecule has 0 aliphatic carbocycles. The van der Waals surface area contributed by atoms with Gasteiger partial charge in [-0.2, -0.15) is 0 Å². The molecule has 0 amide bonds. The minimum absolute atomic E-state index is 0.752. The summed E-state index contributed by atoms with van der Waals surface area (Å²) in [5.41, 5.74) is 1.75. The highest BCUT2D eigenvalue weighted by Gasteiger charge is 2.14. The van der Waals surface area contributed by atoms with Crippen LogP contribution in [0.1, 0.15) is 5.82 Å². The summed E-state index contributed by atoms with van der Waals surface area (Å²) in [6.45, 7) is 5.16. The smallest absolute Gasteiger partial charge is 0.133 e.